The first-order valence-electron chi connectivity index (χ1n) is 6.49. The van der Waals surface area contributed by atoms with Crippen molar-refractivity contribution >= 4 is 44.5 Å². The number of hydrogen-bond donors (Lipinski definition) is 0. The van der Waals surface area contributed by atoms with E-state index in [0.29, 0.717) is 3.93 Å². The first-order chi connectivity index (χ1) is 11.4. The Morgan fingerprint density at radius 2 is 1.80 bits per heavy atom. The van der Waals surface area contributed by atoms with Crippen LogP contribution in [0.25, 0.3) is 0 Å². The van der Waals surface area contributed by atoms with Gasteiger partial charge in [0.05, 0.1) is 26.9 Å². The topological polar surface area (TPSA) is 41.9 Å². The normalized spacial score (nSPS) is 24.2. The Morgan fingerprint density at radius 1 is 1.24 bits per heavy atom. The fraction of sp³-hybridized carbons (Fsp3) is 0.385. The molecule has 2 atom stereocenters. The molecule has 0 aliphatic carbocycles. The third-order valence-electron chi connectivity index (χ3n) is 3.05. The van der Waals surface area contributed by atoms with Crippen molar-refractivity contribution in [3.05, 3.63) is 30.3 Å². The van der Waals surface area contributed by atoms with Crippen molar-refractivity contribution in [1.82, 2.24) is 0 Å². The van der Waals surface area contributed by atoms with Gasteiger partial charge < -0.3 is 0 Å². The van der Waals surface area contributed by atoms with Gasteiger partial charge in [0, 0.05) is 0 Å². The number of aliphatic imine (C=N–C) groups is 1. The van der Waals surface area contributed by atoms with Gasteiger partial charge in [0.1, 0.15) is 5.25 Å². The lowest BCUT2D eigenvalue weighted by Gasteiger charge is -2.34. The maximum Gasteiger partial charge on any atom is 0.525 e. The van der Waals surface area contributed by atoms with Gasteiger partial charge >= 0.3 is 12.5 Å². The van der Waals surface area contributed by atoms with Gasteiger partial charge in [-0.3, -0.25) is 9.53 Å². The Bertz CT molecular complexity index is 681. The lowest BCUT2D eigenvalue weighted by atomic mass is 10.1. The van der Waals surface area contributed by atoms with Gasteiger partial charge in [-0.15, -0.1) is 13.2 Å². The fourth-order valence-corrected chi connectivity index (χ4v) is 3.81. The van der Waals surface area contributed by atoms with Gasteiger partial charge in [0.25, 0.3) is 11.6 Å². The van der Waals surface area contributed by atoms with E-state index in [-0.39, 0.29) is 22.5 Å². The van der Waals surface area contributed by atoms with E-state index in [0.717, 1.165) is 6.92 Å². The lowest BCUT2D eigenvalue weighted by Crippen LogP contribution is -2.58. The third-order valence-corrected chi connectivity index (χ3v) is 4.99. The predicted molar refractivity (Wildman–Crippen MR) is 83.3 cm³/mol. The van der Waals surface area contributed by atoms with Crippen molar-refractivity contribution in [2.75, 3.05) is 3.93 Å². The molecule has 0 saturated carbocycles. The van der Waals surface area contributed by atoms with E-state index in [1.165, 1.54) is 24.3 Å². The van der Waals surface area contributed by atoms with Gasteiger partial charge in [-0.2, -0.15) is 13.2 Å². The molecule has 0 radical (unpaired) electrons. The molecular formula is C13H9BrF6N2O2S. The molecule has 0 spiro atoms. The molecular weight excluding hydrogens is 442 g/mol. The van der Waals surface area contributed by atoms with Crippen LogP contribution >= 0.6 is 27.9 Å². The van der Waals surface area contributed by atoms with Crippen LogP contribution < -0.4 is 3.93 Å². The number of hydrogen-bond acceptors (Lipinski definition) is 4. The number of amides is 1. The number of carbonyl (C=O) groups is 1. The number of ether oxygens (including phenoxy) is 1. The first-order valence-corrected chi connectivity index (χ1v) is 8.08. The van der Waals surface area contributed by atoms with Crippen LogP contribution in [0.1, 0.15) is 6.92 Å². The second-order valence-electron chi connectivity index (χ2n) is 4.83. The standard InChI is InChI=1S/C13H9BrF6N2O2S/c1-7-21-11(12(15,16)17,24-13(18,19)20)9(25-7)10(23)22(14)8-5-3-2-4-6-8/h2-6,9H,1H3. The molecule has 0 aromatic heterocycles. The van der Waals surface area contributed by atoms with Crippen LogP contribution in [0.2, 0.25) is 0 Å². The second kappa shape index (κ2) is 6.80. The number of thioether (sulfide) groups is 1. The predicted octanol–water partition coefficient (Wildman–Crippen LogP) is 4.66. The number of halogens is 7. The van der Waals surface area contributed by atoms with Gasteiger partial charge in [-0.05, 0) is 19.1 Å². The molecule has 25 heavy (non-hydrogen) atoms. The highest BCUT2D eigenvalue weighted by Crippen LogP contribution is 2.51. The second-order valence-corrected chi connectivity index (χ2v) is 6.83. The highest BCUT2D eigenvalue weighted by atomic mass is 79.9. The summed E-state index contributed by atoms with van der Waals surface area (Å²) in [6, 6.07) is 7.38. The largest absolute Gasteiger partial charge is 0.525 e. The van der Waals surface area contributed by atoms with E-state index in [1.54, 1.807) is 6.07 Å². The summed E-state index contributed by atoms with van der Waals surface area (Å²) in [5.41, 5.74) is -3.92. The van der Waals surface area contributed by atoms with Crippen LogP contribution in [0.4, 0.5) is 32.0 Å². The van der Waals surface area contributed by atoms with Crippen LogP contribution in [0, 0.1) is 0 Å². The fourth-order valence-electron chi connectivity index (χ4n) is 2.10. The van der Waals surface area contributed by atoms with Crippen LogP contribution in [0.15, 0.2) is 35.3 Å². The van der Waals surface area contributed by atoms with E-state index in [2.05, 4.69) is 25.9 Å². The summed E-state index contributed by atoms with van der Waals surface area (Å²) >= 11 is 3.05. The summed E-state index contributed by atoms with van der Waals surface area (Å²) in [5.74, 6) is -1.29. The van der Waals surface area contributed by atoms with E-state index in [4.69, 9.17) is 0 Å². The quantitative estimate of drug-likeness (QED) is 0.496. The molecule has 2 unspecified atom stereocenters. The average molecular weight is 451 g/mol. The molecule has 1 aromatic carbocycles. The minimum Gasteiger partial charge on any atom is -0.272 e. The molecule has 1 aromatic rings. The van der Waals surface area contributed by atoms with Crippen LogP contribution in [-0.4, -0.2) is 34.5 Å². The smallest absolute Gasteiger partial charge is 0.272 e. The Hall–Kier alpha value is -1.27. The number of nitrogens with zero attached hydrogens (tertiary/aromatic N) is 2. The van der Waals surface area contributed by atoms with Crippen molar-refractivity contribution < 1.29 is 35.9 Å². The number of anilines is 1. The molecule has 4 nitrogen and oxygen atoms in total. The zero-order valence-electron chi connectivity index (χ0n) is 12.2. The number of alkyl halides is 6. The molecule has 1 aliphatic heterocycles. The molecule has 1 aliphatic rings. The van der Waals surface area contributed by atoms with Gasteiger partial charge in [-0.1, -0.05) is 30.0 Å². The number of rotatable bonds is 3. The third kappa shape index (κ3) is 4.11. The van der Waals surface area contributed by atoms with Crippen molar-refractivity contribution in [2.24, 2.45) is 4.99 Å². The van der Waals surface area contributed by atoms with E-state index in [1.807, 2.05) is 0 Å². The van der Waals surface area contributed by atoms with Crippen molar-refractivity contribution in [2.45, 2.75) is 30.4 Å². The summed E-state index contributed by atoms with van der Waals surface area (Å²) in [7, 11) is 0. The van der Waals surface area contributed by atoms with Gasteiger partial charge in [0.2, 0.25) is 0 Å². The van der Waals surface area contributed by atoms with Crippen LogP contribution in [0.3, 0.4) is 0 Å². The molecule has 0 N–H and O–H groups in total. The Balaban J connectivity index is 2.45. The minimum absolute atomic E-state index is 0.140. The summed E-state index contributed by atoms with van der Waals surface area (Å²) in [5, 5.41) is -2.66. The molecule has 0 fully saturated rings. The maximum absolute atomic E-state index is 13.5. The van der Waals surface area contributed by atoms with E-state index < -0.39 is 29.4 Å². The molecule has 12 heteroatoms. The molecule has 1 amide bonds. The van der Waals surface area contributed by atoms with Crippen LogP contribution in [0.5, 0.6) is 0 Å². The van der Waals surface area contributed by atoms with Crippen molar-refractivity contribution in [1.29, 1.82) is 0 Å². The van der Waals surface area contributed by atoms with Gasteiger partial charge in [-0.25, -0.2) is 8.92 Å². The van der Waals surface area contributed by atoms with Crippen molar-refractivity contribution in [3.8, 4) is 0 Å². The average Bonchev–Trinajstić information content (AvgIpc) is 2.82. The summed E-state index contributed by atoms with van der Waals surface area (Å²) in [4.78, 5) is 15.5. The Morgan fingerprint density at radius 3 is 2.28 bits per heavy atom. The van der Waals surface area contributed by atoms with E-state index in [9.17, 15) is 31.1 Å². The SMILES string of the molecule is CC1=NC(OC(F)(F)F)(C(F)(F)F)C(C(=O)N(Br)c2ccccc2)S1. The van der Waals surface area contributed by atoms with Crippen molar-refractivity contribution in [3.63, 3.8) is 0 Å². The summed E-state index contributed by atoms with van der Waals surface area (Å²) in [6.07, 6.45) is -11.2. The molecule has 138 valence electrons. The number of benzene rings is 1. The highest BCUT2D eigenvalue weighted by molar-refractivity contribution is 9.10. The molecule has 0 bridgehead atoms. The zero-order valence-corrected chi connectivity index (χ0v) is 14.6. The number of para-hydroxylation sites is 1. The van der Waals surface area contributed by atoms with Crippen LogP contribution in [-0.2, 0) is 9.53 Å². The maximum atomic E-state index is 13.5. The molecule has 0 saturated heterocycles. The Kier molecular flexibility index (Phi) is 5.45. The zero-order chi connectivity index (χ0) is 19.0. The summed E-state index contributed by atoms with van der Waals surface area (Å²) in [6.45, 7) is 1.07. The van der Waals surface area contributed by atoms with E-state index >= 15 is 0 Å². The van der Waals surface area contributed by atoms with Gasteiger partial charge in [0.15, 0.2) is 0 Å². The summed E-state index contributed by atoms with van der Waals surface area (Å²) < 4.78 is 82.3. The monoisotopic (exact) mass is 450 g/mol. The molecule has 2 rings (SSSR count). The highest BCUT2D eigenvalue weighted by Gasteiger charge is 2.70. The Labute approximate surface area is 150 Å². The number of carbonyl (C=O) groups excluding carboxylic acids is 1. The molecule has 1 heterocycles. The minimum atomic E-state index is -5.65. The first kappa shape index (κ1) is 20.0. The lowest BCUT2D eigenvalue weighted by molar-refractivity contribution is -0.410.